The number of benzene rings is 1. The van der Waals surface area contributed by atoms with Crippen LogP contribution >= 0.6 is 11.8 Å². The summed E-state index contributed by atoms with van der Waals surface area (Å²) in [6.07, 6.45) is 3.77. The predicted molar refractivity (Wildman–Crippen MR) is 82.8 cm³/mol. The summed E-state index contributed by atoms with van der Waals surface area (Å²) in [7, 11) is 0. The van der Waals surface area contributed by atoms with E-state index >= 15 is 0 Å². The van der Waals surface area contributed by atoms with Crippen molar-refractivity contribution in [1.82, 2.24) is 0 Å². The van der Waals surface area contributed by atoms with Crippen LogP contribution in [0.4, 0.5) is 5.69 Å². The lowest BCUT2D eigenvalue weighted by atomic mass is 10.0. The minimum Gasteiger partial charge on any atom is -0.370 e. The van der Waals surface area contributed by atoms with E-state index in [9.17, 15) is 5.26 Å². The van der Waals surface area contributed by atoms with E-state index in [1.54, 1.807) is 11.8 Å². The van der Waals surface area contributed by atoms with Crippen LogP contribution in [0.25, 0.3) is 0 Å². The van der Waals surface area contributed by atoms with Gasteiger partial charge in [-0.15, -0.1) is 11.8 Å². The van der Waals surface area contributed by atoms with Gasteiger partial charge in [-0.25, -0.2) is 0 Å². The topological polar surface area (TPSA) is 27.0 Å². The second kappa shape index (κ2) is 6.86. The van der Waals surface area contributed by atoms with E-state index in [0.717, 1.165) is 40.9 Å². The summed E-state index contributed by atoms with van der Waals surface area (Å²) in [6.45, 7) is 6.62. The molecule has 0 saturated carbocycles. The van der Waals surface area contributed by atoms with Gasteiger partial charge in [0.05, 0.1) is 11.3 Å². The monoisotopic (exact) mass is 274 g/mol. The first kappa shape index (κ1) is 14.3. The van der Waals surface area contributed by atoms with Crippen LogP contribution in [-0.2, 0) is 0 Å². The average molecular weight is 274 g/mol. The van der Waals surface area contributed by atoms with Crippen molar-refractivity contribution in [3.8, 4) is 6.07 Å². The third-order valence-corrected chi connectivity index (χ3v) is 4.71. The molecule has 1 unspecified atom stereocenters. The van der Waals surface area contributed by atoms with Gasteiger partial charge < -0.3 is 4.90 Å². The summed E-state index contributed by atoms with van der Waals surface area (Å²) >= 11 is 1.76. The summed E-state index contributed by atoms with van der Waals surface area (Å²) in [4.78, 5) is 3.53. The molecular formula is C16H22N2S. The van der Waals surface area contributed by atoms with Gasteiger partial charge in [0.25, 0.3) is 0 Å². The van der Waals surface area contributed by atoms with Crippen molar-refractivity contribution in [1.29, 1.82) is 5.26 Å². The molecule has 2 rings (SSSR count). The van der Waals surface area contributed by atoms with Gasteiger partial charge in [0, 0.05) is 18.0 Å². The van der Waals surface area contributed by atoms with Crippen LogP contribution < -0.4 is 4.90 Å². The van der Waals surface area contributed by atoms with Crippen molar-refractivity contribution >= 4 is 17.4 Å². The largest absolute Gasteiger partial charge is 0.370 e. The molecule has 0 N–H and O–H groups in total. The van der Waals surface area contributed by atoms with Gasteiger partial charge in [0.1, 0.15) is 6.07 Å². The van der Waals surface area contributed by atoms with Crippen LogP contribution in [0.2, 0.25) is 0 Å². The maximum absolute atomic E-state index is 9.49. The zero-order valence-corrected chi connectivity index (χ0v) is 12.7. The summed E-state index contributed by atoms with van der Waals surface area (Å²) in [5.74, 6) is 1.82. The van der Waals surface area contributed by atoms with Crippen LogP contribution in [0, 0.1) is 17.2 Å². The molecule has 1 aliphatic rings. The number of hydrogen-bond donors (Lipinski definition) is 0. The minimum atomic E-state index is 0.809. The van der Waals surface area contributed by atoms with Crippen LogP contribution in [0.5, 0.6) is 0 Å². The maximum atomic E-state index is 9.49. The minimum absolute atomic E-state index is 0.809. The van der Waals surface area contributed by atoms with E-state index in [4.69, 9.17) is 0 Å². The maximum Gasteiger partial charge on any atom is 0.103 e. The third-order valence-electron chi connectivity index (χ3n) is 3.77. The first-order valence-electron chi connectivity index (χ1n) is 7.17. The van der Waals surface area contributed by atoms with Gasteiger partial charge in [-0.1, -0.05) is 19.9 Å². The first-order valence-corrected chi connectivity index (χ1v) is 8.15. The Labute approximate surface area is 120 Å². The Hall–Kier alpha value is -1.14. The molecular weight excluding hydrogens is 252 g/mol. The fourth-order valence-corrected chi connectivity index (χ4v) is 3.46. The van der Waals surface area contributed by atoms with Crippen LogP contribution in [-0.4, -0.2) is 18.8 Å². The number of thioether (sulfide) groups is 1. The van der Waals surface area contributed by atoms with E-state index in [1.807, 2.05) is 0 Å². The highest BCUT2D eigenvalue weighted by Crippen LogP contribution is 2.32. The van der Waals surface area contributed by atoms with Crippen molar-refractivity contribution in [2.75, 3.05) is 23.7 Å². The highest BCUT2D eigenvalue weighted by atomic mass is 32.2. The fraction of sp³-hybridized carbons (Fsp3) is 0.562. The summed E-state index contributed by atoms with van der Waals surface area (Å²) in [5.41, 5.74) is 2.00. The lowest BCUT2D eigenvalue weighted by Gasteiger charge is -2.24. The van der Waals surface area contributed by atoms with Gasteiger partial charge in [0.2, 0.25) is 0 Å². The second-order valence-corrected chi connectivity index (χ2v) is 6.52. The van der Waals surface area contributed by atoms with Crippen molar-refractivity contribution in [3.05, 3.63) is 23.8 Å². The molecule has 1 aromatic rings. The van der Waals surface area contributed by atoms with Crippen molar-refractivity contribution in [2.45, 2.75) is 38.0 Å². The zero-order chi connectivity index (χ0) is 13.7. The number of nitriles is 1. The summed E-state index contributed by atoms with van der Waals surface area (Å²) in [6, 6.07) is 8.67. The van der Waals surface area contributed by atoms with Gasteiger partial charge >= 0.3 is 0 Å². The van der Waals surface area contributed by atoms with Crippen LogP contribution in [0.1, 0.15) is 38.7 Å². The summed E-state index contributed by atoms with van der Waals surface area (Å²) < 4.78 is 0. The Bertz CT molecular complexity index is 464. The second-order valence-electron chi connectivity index (χ2n) is 5.22. The molecule has 2 nitrogen and oxygen atoms in total. The zero-order valence-electron chi connectivity index (χ0n) is 11.9. The number of anilines is 1. The smallest absolute Gasteiger partial charge is 0.103 e. The molecule has 0 radical (unpaired) electrons. The molecule has 102 valence electrons. The molecule has 3 heteroatoms. The van der Waals surface area contributed by atoms with Gasteiger partial charge in [0.15, 0.2) is 0 Å². The fourth-order valence-electron chi connectivity index (χ4n) is 2.68. The van der Waals surface area contributed by atoms with Gasteiger partial charge in [-0.2, -0.15) is 5.26 Å². The van der Waals surface area contributed by atoms with Crippen molar-refractivity contribution < 1.29 is 0 Å². The Morgan fingerprint density at radius 1 is 1.37 bits per heavy atom. The normalized spacial score (nSPS) is 19.8. The number of nitrogens with zero attached hydrogens (tertiary/aromatic N) is 2. The number of rotatable bonds is 3. The molecule has 1 atom stereocenters. The molecule has 1 fully saturated rings. The lowest BCUT2D eigenvalue weighted by molar-refractivity contribution is 0.521. The first-order chi connectivity index (χ1) is 9.26. The van der Waals surface area contributed by atoms with E-state index in [1.165, 1.54) is 19.3 Å². The van der Waals surface area contributed by atoms with E-state index < -0.39 is 0 Å². The molecule has 1 saturated heterocycles. The van der Waals surface area contributed by atoms with Crippen LogP contribution in [0.15, 0.2) is 23.1 Å². The molecule has 0 aliphatic carbocycles. The Morgan fingerprint density at radius 3 is 2.95 bits per heavy atom. The summed E-state index contributed by atoms with van der Waals surface area (Å²) in [5, 5.41) is 9.49. The molecule has 1 aliphatic heterocycles. The Kier molecular flexibility index (Phi) is 5.15. The number of hydrogen-bond acceptors (Lipinski definition) is 3. The van der Waals surface area contributed by atoms with E-state index in [2.05, 4.69) is 43.0 Å². The van der Waals surface area contributed by atoms with E-state index in [0.29, 0.717) is 0 Å². The van der Waals surface area contributed by atoms with Crippen molar-refractivity contribution in [2.24, 2.45) is 5.92 Å². The predicted octanol–water partition coefficient (Wildman–Crippen LogP) is 4.30. The quantitative estimate of drug-likeness (QED) is 0.769. The standard InChI is InChI=1S/C16H22N2S/c1-3-19-16-8-4-7-15(14(16)12-17)18-10-5-6-13(2)9-11-18/h4,7-8,13H,3,5-6,9-11H2,1-2H3. The molecule has 0 spiro atoms. The third kappa shape index (κ3) is 3.45. The highest BCUT2D eigenvalue weighted by molar-refractivity contribution is 7.99. The molecule has 1 aromatic carbocycles. The molecule has 0 bridgehead atoms. The molecule has 0 amide bonds. The molecule has 0 aromatic heterocycles. The Balaban J connectivity index is 2.28. The SMILES string of the molecule is CCSc1cccc(N2CCCC(C)CC2)c1C#N. The van der Waals surface area contributed by atoms with E-state index in [-0.39, 0.29) is 0 Å². The van der Waals surface area contributed by atoms with Gasteiger partial charge in [-0.3, -0.25) is 0 Å². The average Bonchev–Trinajstić information content (AvgIpc) is 2.64. The van der Waals surface area contributed by atoms with Crippen molar-refractivity contribution in [3.63, 3.8) is 0 Å². The Morgan fingerprint density at radius 2 is 2.21 bits per heavy atom. The molecule has 1 heterocycles. The molecule has 19 heavy (non-hydrogen) atoms. The van der Waals surface area contributed by atoms with Crippen LogP contribution in [0.3, 0.4) is 0 Å². The van der Waals surface area contributed by atoms with Gasteiger partial charge in [-0.05, 0) is 43.1 Å². The highest BCUT2D eigenvalue weighted by Gasteiger charge is 2.18. The lowest BCUT2D eigenvalue weighted by Crippen LogP contribution is -2.25.